The summed E-state index contributed by atoms with van der Waals surface area (Å²) in [4.78, 5) is 0. The summed E-state index contributed by atoms with van der Waals surface area (Å²) in [5.41, 5.74) is 1.94. The maximum Gasteiger partial charge on any atom is 0.0676 e. The largest absolute Gasteiger partial charge is 0.156 e. The van der Waals surface area contributed by atoms with Crippen LogP contribution in [0.2, 0.25) is 0 Å². The van der Waals surface area contributed by atoms with E-state index >= 15 is 0 Å². The van der Waals surface area contributed by atoms with Crippen LogP contribution in [0.4, 0.5) is 0 Å². The van der Waals surface area contributed by atoms with E-state index in [9.17, 15) is 0 Å². The lowest BCUT2D eigenvalue weighted by atomic mass is 9.99. The van der Waals surface area contributed by atoms with Gasteiger partial charge in [0.2, 0.25) is 0 Å². The quantitative estimate of drug-likeness (QED) is 0.698. The van der Waals surface area contributed by atoms with Crippen molar-refractivity contribution < 1.29 is 0 Å². The van der Waals surface area contributed by atoms with E-state index < -0.39 is 0 Å². The first-order valence-corrected chi connectivity index (χ1v) is 5.03. The van der Waals surface area contributed by atoms with Gasteiger partial charge in [0.05, 0.1) is 11.4 Å². The van der Waals surface area contributed by atoms with Gasteiger partial charge in [0.25, 0.3) is 0 Å². The first kappa shape index (κ1) is 10.5. The van der Waals surface area contributed by atoms with Gasteiger partial charge in [0, 0.05) is 11.3 Å². The molecule has 2 nitrogen and oxygen atoms in total. The molecule has 0 saturated heterocycles. The third-order valence-electron chi connectivity index (χ3n) is 2.19. The Morgan fingerprint density at radius 2 is 2.08 bits per heavy atom. The molecule has 72 valence electrons. The fourth-order valence-corrected chi connectivity index (χ4v) is 1.68. The Hall–Kier alpha value is -0.630. The number of alkyl halides is 1. The summed E-state index contributed by atoms with van der Waals surface area (Å²) in [6.07, 6.45) is 1.00. The Morgan fingerprint density at radius 1 is 1.38 bits per heavy atom. The molecule has 0 bridgehead atoms. The van der Waals surface area contributed by atoms with Crippen molar-refractivity contribution >= 4 is 11.6 Å². The highest BCUT2D eigenvalue weighted by molar-refractivity contribution is 6.20. The lowest BCUT2D eigenvalue weighted by Crippen LogP contribution is -2.10. The Balaban J connectivity index is 2.86. The van der Waals surface area contributed by atoms with Gasteiger partial charge in [-0.1, -0.05) is 6.92 Å². The predicted octanol–water partition coefficient (Wildman–Crippen LogP) is 2.91. The van der Waals surface area contributed by atoms with Crippen molar-refractivity contribution in [2.24, 2.45) is 0 Å². The van der Waals surface area contributed by atoms with Crippen molar-refractivity contribution in [3.8, 4) is 0 Å². The molecule has 0 saturated carbocycles. The lowest BCUT2D eigenvalue weighted by molar-refractivity contribution is 0.618. The molecule has 0 N–H and O–H groups in total. The molecule has 0 radical (unpaired) electrons. The van der Waals surface area contributed by atoms with Crippen LogP contribution in [0.5, 0.6) is 0 Å². The molecule has 0 aliphatic heterocycles. The SMILES string of the molecule is CCC(c1ccc(C)nn1)C(C)Cl. The number of rotatable bonds is 3. The number of hydrogen-bond acceptors (Lipinski definition) is 2. The zero-order valence-electron chi connectivity index (χ0n) is 8.29. The maximum atomic E-state index is 6.05. The summed E-state index contributed by atoms with van der Waals surface area (Å²) in [7, 11) is 0. The van der Waals surface area contributed by atoms with Crippen LogP contribution in [0.25, 0.3) is 0 Å². The average Bonchev–Trinajstić information content (AvgIpc) is 2.09. The second-order valence-electron chi connectivity index (χ2n) is 3.29. The molecular formula is C10H15ClN2. The van der Waals surface area contributed by atoms with Crippen LogP contribution in [-0.2, 0) is 0 Å². The summed E-state index contributed by atoms with van der Waals surface area (Å²) in [6.45, 7) is 6.05. The maximum absolute atomic E-state index is 6.05. The fourth-order valence-electron chi connectivity index (χ4n) is 1.38. The molecular weight excluding hydrogens is 184 g/mol. The highest BCUT2D eigenvalue weighted by Crippen LogP contribution is 2.24. The standard InChI is InChI=1S/C10H15ClN2/c1-4-9(8(3)11)10-6-5-7(2)12-13-10/h5-6,8-9H,4H2,1-3H3. The molecule has 0 fully saturated rings. The van der Waals surface area contributed by atoms with E-state index in [2.05, 4.69) is 17.1 Å². The second-order valence-corrected chi connectivity index (χ2v) is 3.98. The average molecular weight is 199 g/mol. The molecule has 2 unspecified atom stereocenters. The third kappa shape index (κ3) is 2.66. The van der Waals surface area contributed by atoms with Gasteiger partial charge in [0.15, 0.2) is 0 Å². The van der Waals surface area contributed by atoms with Gasteiger partial charge in [-0.05, 0) is 32.4 Å². The number of aryl methyl sites for hydroxylation is 1. The smallest absolute Gasteiger partial charge is 0.0676 e. The van der Waals surface area contributed by atoms with Crippen LogP contribution in [0.3, 0.4) is 0 Å². The first-order chi connectivity index (χ1) is 6.15. The number of halogens is 1. The van der Waals surface area contributed by atoms with Gasteiger partial charge in [-0.2, -0.15) is 10.2 Å². The molecule has 1 aromatic rings. The van der Waals surface area contributed by atoms with E-state index in [0.29, 0.717) is 5.92 Å². The van der Waals surface area contributed by atoms with Gasteiger partial charge in [-0.3, -0.25) is 0 Å². The van der Waals surface area contributed by atoms with Gasteiger partial charge in [0.1, 0.15) is 0 Å². The van der Waals surface area contributed by atoms with Crippen molar-refractivity contribution in [2.45, 2.75) is 38.5 Å². The second kappa shape index (κ2) is 4.56. The molecule has 1 heterocycles. The lowest BCUT2D eigenvalue weighted by Gasteiger charge is -2.15. The first-order valence-electron chi connectivity index (χ1n) is 4.59. The van der Waals surface area contributed by atoms with Crippen molar-refractivity contribution in [3.63, 3.8) is 0 Å². The molecule has 13 heavy (non-hydrogen) atoms. The highest BCUT2D eigenvalue weighted by Gasteiger charge is 2.16. The van der Waals surface area contributed by atoms with Gasteiger partial charge < -0.3 is 0 Å². The summed E-state index contributed by atoms with van der Waals surface area (Å²) in [6, 6.07) is 3.99. The van der Waals surface area contributed by atoms with Gasteiger partial charge in [-0.25, -0.2) is 0 Å². The van der Waals surface area contributed by atoms with E-state index in [0.717, 1.165) is 17.8 Å². The number of aromatic nitrogens is 2. The normalized spacial score (nSPS) is 15.4. The van der Waals surface area contributed by atoms with E-state index in [1.54, 1.807) is 0 Å². The molecule has 0 amide bonds. The van der Waals surface area contributed by atoms with Crippen molar-refractivity contribution in [3.05, 3.63) is 23.5 Å². The fraction of sp³-hybridized carbons (Fsp3) is 0.600. The van der Waals surface area contributed by atoms with E-state index in [1.807, 2.05) is 26.0 Å². The van der Waals surface area contributed by atoms with Crippen LogP contribution in [0.1, 0.15) is 37.6 Å². The van der Waals surface area contributed by atoms with Gasteiger partial charge >= 0.3 is 0 Å². The van der Waals surface area contributed by atoms with Gasteiger partial charge in [-0.15, -0.1) is 11.6 Å². The Bertz CT molecular complexity index is 256. The molecule has 0 aliphatic rings. The summed E-state index contributed by atoms with van der Waals surface area (Å²) >= 11 is 6.05. The molecule has 0 spiro atoms. The molecule has 3 heteroatoms. The number of hydrogen-bond donors (Lipinski definition) is 0. The van der Waals surface area contributed by atoms with Crippen molar-refractivity contribution in [2.75, 3.05) is 0 Å². The zero-order valence-corrected chi connectivity index (χ0v) is 9.04. The molecule has 1 rings (SSSR count). The van der Waals surface area contributed by atoms with E-state index in [4.69, 9.17) is 11.6 Å². The highest BCUT2D eigenvalue weighted by atomic mass is 35.5. The van der Waals surface area contributed by atoms with E-state index in [1.165, 1.54) is 0 Å². The molecule has 2 atom stereocenters. The van der Waals surface area contributed by atoms with Crippen LogP contribution >= 0.6 is 11.6 Å². The molecule has 1 aromatic heterocycles. The summed E-state index contributed by atoms with van der Waals surface area (Å²) < 4.78 is 0. The zero-order chi connectivity index (χ0) is 9.84. The number of nitrogens with zero attached hydrogens (tertiary/aromatic N) is 2. The van der Waals surface area contributed by atoms with Crippen LogP contribution in [0.15, 0.2) is 12.1 Å². The molecule has 0 aliphatic carbocycles. The third-order valence-corrected chi connectivity index (χ3v) is 2.50. The Labute approximate surface area is 84.3 Å². The Morgan fingerprint density at radius 3 is 2.46 bits per heavy atom. The predicted molar refractivity (Wildman–Crippen MR) is 55.1 cm³/mol. The van der Waals surface area contributed by atoms with Crippen LogP contribution < -0.4 is 0 Å². The van der Waals surface area contributed by atoms with Crippen LogP contribution in [-0.4, -0.2) is 15.6 Å². The van der Waals surface area contributed by atoms with Crippen LogP contribution in [0, 0.1) is 6.92 Å². The van der Waals surface area contributed by atoms with Crippen molar-refractivity contribution in [1.29, 1.82) is 0 Å². The molecule has 0 aromatic carbocycles. The minimum atomic E-state index is 0.113. The monoisotopic (exact) mass is 198 g/mol. The topological polar surface area (TPSA) is 25.8 Å². The van der Waals surface area contributed by atoms with E-state index in [-0.39, 0.29) is 5.38 Å². The minimum Gasteiger partial charge on any atom is -0.156 e. The Kier molecular flexibility index (Phi) is 3.67. The minimum absolute atomic E-state index is 0.113. The summed E-state index contributed by atoms with van der Waals surface area (Å²) in [5, 5.41) is 8.27. The van der Waals surface area contributed by atoms with Crippen molar-refractivity contribution in [1.82, 2.24) is 10.2 Å². The summed E-state index contributed by atoms with van der Waals surface area (Å²) in [5.74, 6) is 0.315.